The van der Waals surface area contributed by atoms with E-state index in [1.54, 1.807) is 39.1 Å². The van der Waals surface area contributed by atoms with Crippen molar-refractivity contribution < 1.29 is 19.3 Å². The number of likely N-dealkylation sites (tertiary alicyclic amines) is 1. The van der Waals surface area contributed by atoms with E-state index in [-0.39, 0.29) is 23.5 Å². The molecule has 0 bridgehead atoms. The number of ether oxygens (including phenoxy) is 1. The highest BCUT2D eigenvalue weighted by molar-refractivity contribution is 6.33. The predicted molar refractivity (Wildman–Crippen MR) is 155 cm³/mol. The highest BCUT2D eigenvalue weighted by Gasteiger charge is 2.55. The SMILES string of the molecule is CNC[C@@H](O)COc1ccc(Cl)c(-c2nc(/C(C(C)=N)=C(\C)O)c(C)c(N3CC4(CC(N5CC(F)C5)C4)C3)n2)c1. The Hall–Kier alpha value is -2.79. The third-order valence-electron chi connectivity index (χ3n) is 8.23. The summed E-state index contributed by atoms with van der Waals surface area (Å²) in [5.41, 5.74) is 2.60. The van der Waals surface area contributed by atoms with Gasteiger partial charge in [0.2, 0.25) is 0 Å². The van der Waals surface area contributed by atoms with Crippen molar-refractivity contribution in [2.75, 3.05) is 51.3 Å². The molecule has 1 aromatic carbocycles. The van der Waals surface area contributed by atoms with Crippen LogP contribution in [0.4, 0.5) is 10.2 Å². The minimum Gasteiger partial charge on any atom is -0.512 e. The lowest BCUT2D eigenvalue weighted by atomic mass is 9.59. The van der Waals surface area contributed by atoms with Gasteiger partial charge in [-0.3, -0.25) is 4.90 Å². The first-order valence-electron chi connectivity index (χ1n) is 13.7. The molecular weight excluding hydrogens is 535 g/mol. The zero-order valence-corrected chi connectivity index (χ0v) is 24.2. The van der Waals surface area contributed by atoms with Crippen molar-refractivity contribution in [1.82, 2.24) is 20.2 Å². The molecule has 3 heterocycles. The fourth-order valence-corrected chi connectivity index (χ4v) is 6.37. The molecule has 11 heteroatoms. The van der Waals surface area contributed by atoms with Crippen molar-refractivity contribution in [3.8, 4) is 17.1 Å². The van der Waals surface area contributed by atoms with Gasteiger partial charge in [0, 0.05) is 61.0 Å². The smallest absolute Gasteiger partial charge is 0.163 e. The van der Waals surface area contributed by atoms with E-state index < -0.39 is 12.3 Å². The zero-order chi connectivity index (χ0) is 28.8. The summed E-state index contributed by atoms with van der Waals surface area (Å²) < 4.78 is 19.1. The molecule has 2 aromatic rings. The first-order chi connectivity index (χ1) is 19.0. The molecule has 4 N–H and O–H groups in total. The Labute approximate surface area is 239 Å². The molecule has 2 aliphatic heterocycles. The maximum Gasteiger partial charge on any atom is 0.163 e. The number of likely N-dealkylation sites (N-methyl/N-ethyl adjacent to an activating group) is 1. The van der Waals surface area contributed by atoms with Gasteiger partial charge >= 0.3 is 0 Å². The van der Waals surface area contributed by atoms with Gasteiger partial charge in [0.1, 0.15) is 36.2 Å². The number of aromatic nitrogens is 2. The van der Waals surface area contributed by atoms with Gasteiger partial charge in [-0.05, 0) is 58.9 Å². The highest BCUT2D eigenvalue weighted by atomic mass is 35.5. The molecule has 1 spiro atoms. The third kappa shape index (κ3) is 5.54. The molecule has 40 heavy (non-hydrogen) atoms. The van der Waals surface area contributed by atoms with E-state index in [0.29, 0.717) is 59.1 Å². The second-order valence-electron chi connectivity index (χ2n) is 11.6. The fourth-order valence-electron chi connectivity index (χ4n) is 6.17. The number of anilines is 1. The van der Waals surface area contributed by atoms with E-state index in [1.807, 2.05) is 6.92 Å². The number of aliphatic hydroxyl groups excluding tert-OH is 2. The van der Waals surface area contributed by atoms with Crippen LogP contribution in [-0.4, -0.2) is 95.5 Å². The van der Waals surface area contributed by atoms with E-state index in [1.165, 1.54) is 0 Å². The normalized spacial score (nSPS) is 20.4. The molecule has 5 rings (SSSR count). The van der Waals surface area contributed by atoms with Crippen LogP contribution in [0, 0.1) is 17.7 Å². The second-order valence-corrected chi connectivity index (χ2v) is 12.0. The number of hydrogen-bond donors (Lipinski definition) is 4. The summed E-state index contributed by atoms with van der Waals surface area (Å²) in [5.74, 6) is 1.64. The third-order valence-corrected chi connectivity index (χ3v) is 8.56. The molecule has 0 radical (unpaired) electrons. The van der Waals surface area contributed by atoms with Crippen LogP contribution < -0.4 is 15.0 Å². The Bertz CT molecular complexity index is 1310. The number of allylic oxidation sites excluding steroid dienone is 2. The number of benzene rings is 1. The average molecular weight is 573 g/mol. The molecule has 0 amide bonds. The quantitative estimate of drug-likeness (QED) is 0.249. The van der Waals surface area contributed by atoms with Crippen LogP contribution in [0.2, 0.25) is 5.02 Å². The molecular formula is C29H38ClFN6O3. The van der Waals surface area contributed by atoms with E-state index >= 15 is 0 Å². The fraction of sp³-hybridized carbons (Fsp3) is 0.552. The van der Waals surface area contributed by atoms with Crippen molar-refractivity contribution >= 4 is 28.7 Å². The van der Waals surface area contributed by atoms with Crippen molar-refractivity contribution in [3.05, 3.63) is 40.2 Å². The van der Waals surface area contributed by atoms with Crippen molar-refractivity contribution in [1.29, 1.82) is 5.41 Å². The van der Waals surface area contributed by atoms with Crippen molar-refractivity contribution in [2.24, 2.45) is 5.41 Å². The van der Waals surface area contributed by atoms with Crippen LogP contribution in [0.1, 0.15) is 37.9 Å². The summed E-state index contributed by atoms with van der Waals surface area (Å²) in [4.78, 5) is 14.2. The van der Waals surface area contributed by atoms with Crippen LogP contribution in [0.3, 0.4) is 0 Å². The number of rotatable bonds is 10. The molecule has 1 atom stereocenters. The second kappa shape index (κ2) is 11.2. The van der Waals surface area contributed by atoms with Gasteiger partial charge in [0.15, 0.2) is 5.82 Å². The lowest BCUT2D eigenvalue weighted by molar-refractivity contribution is -0.0731. The van der Waals surface area contributed by atoms with Crippen molar-refractivity contribution in [3.63, 3.8) is 0 Å². The average Bonchev–Trinajstić information content (AvgIpc) is 2.82. The van der Waals surface area contributed by atoms with Gasteiger partial charge < -0.3 is 30.6 Å². The van der Waals surface area contributed by atoms with Gasteiger partial charge in [-0.25, -0.2) is 14.4 Å². The minimum absolute atomic E-state index is 0.00975. The monoisotopic (exact) mass is 572 g/mol. The first kappa shape index (κ1) is 28.7. The van der Waals surface area contributed by atoms with Crippen LogP contribution in [0.5, 0.6) is 5.75 Å². The Morgan fingerprint density at radius 2 is 1.98 bits per heavy atom. The predicted octanol–water partition coefficient (Wildman–Crippen LogP) is 4.02. The Balaban J connectivity index is 1.45. The molecule has 1 saturated carbocycles. The van der Waals surface area contributed by atoms with E-state index in [9.17, 15) is 14.6 Å². The van der Waals surface area contributed by atoms with Crippen LogP contribution in [0.25, 0.3) is 17.0 Å². The lowest BCUT2D eigenvalue weighted by Gasteiger charge is -2.63. The number of halogens is 2. The molecule has 1 aromatic heterocycles. The number of nitrogens with one attached hydrogen (secondary N) is 2. The largest absolute Gasteiger partial charge is 0.512 e. The molecule has 3 fully saturated rings. The van der Waals surface area contributed by atoms with Gasteiger partial charge in [-0.2, -0.15) is 0 Å². The summed E-state index contributed by atoms with van der Waals surface area (Å²) >= 11 is 6.63. The van der Waals surface area contributed by atoms with E-state index in [2.05, 4.69) is 15.1 Å². The van der Waals surface area contributed by atoms with Crippen molar-refractivity contribution in [2.45, 2.75) is 51.9 Å². The summed E-state index contributed by atoms with van der Waals surface area (Å²) in [6.07, 6.45) is 0.771. The van der Waals surface area contributed by atoms with Crippen LogP contribution in [0.15, 0.2) is 24.0 Å². The molecule has 3 aliphatic rings. The summed E-state index contributed by atoms with van der Waals surface area (Å²) in [6.45, 7) is 8.40. The lowest BCUT2D eigenvalue weighted by Crippen LogP contribution is -2.69. The highest BCUT2D eigenvalue weighted by Crippen LogP contribution is 2.52. The maximum atomic E-state index is 13.3. The minimum atomic E-state index is -0.682. The van der Waals surface area contributed by atoms with Gasteiger partial charge in [0.05, 0.1) is 16.3 Å². The van der Waals surface area contributed by atoms with Gasteiger partial charge in [0.25, 0.3) is 0 Å². The molecule has 216 valence electrons. The Morgan fingerprint density at radius 3 is 2.58 bits per heavy atom. The summed E-state index contributed by atoms with van der Waals surface area (Å²) in [6, 6.07) is 5.65. The molecule has 9 nitrogen and oxygen atoms in total. The molecule has 1 aliphatic carbocycles. The summed E-state index contributed by atoms with van der Waals surface area (Å²) in [7, 11) is 1.76. The topological polar surface area (TPSA) is 118 Å². The summed E-state index contributed by atoms with van der Waals surface area (Å²) in [5, 5.41) is 32.2. The van der Waals surface area contributed by atoms with Gasteiger partial charge in [-0.1, -0.05) is 11.6 Å². The Kier molecular flexibility index (Phi) is 8.07. The first-order valence-corrected chi connectivity index (χ1v) is 14.1. The molecule has 2 saturated heterocycles. The van der Waals surface area contributed by atoms with Crippen LogP contribution >= 0.6 is 11.6 Å². The number of aliphatic hydroxyl groups is 2. The zero-order valence-electron chi connectivity index (χ0n) is 23.5. The number of nitrogens with zero attached hydrogens (tertiary/aromatic N) is 4. The Morgan fingerprint density at radius 1 is 1.27 bits per heavy atom. The standard InChI is InChI=1S/C29H38ClFN6O3/c1-16-26(25(17(2)32)18(3)38)34-27(23-7-22(5-6-24(23)30)40-13-21(39)10-33-4)35-28(16)37-14-29(15-37)8-20(9-29)36-11-19(31)12-36/h5-7,19-21,32-33,38-39H,8-15H2,1-4H3/b25-18+,32-17?/t21-/m1/s1. The number of alkyl halides is 1. The van der Waals surface area contributed by atoms with Crippen LogP contribution in [-0.2, 0) is 0 Å². The van der Waals surface area contributed by atoms with E-state index in [4.69, 9.17) is 31.7 Å². The number of hydrogen-bond acceptors (Lipinski definition) is 9. The molecule has 0 unspecified atom stereocenters. The maximum absolute atomic E-state index is 13.3. The van der Waals surface area contributed by atoms with E-state index in [0.717, 1.165) is 37.3 Å². The van der Waals surface area contributed by atoms with Gasteiger partial charge in [-0.15, -0.1) is 0 Å².